The lowest BCUT2D eigenvalue weighted by Gasteiger charge is -2.29. The second-order valence-electron chi connectivity index (χ2n) is 5.87. The molecule has 17 heavy (non-hydrogen) atoms. The lowest BCUT2D eigenvalue weighted by Crippen LogP contribution is -2.33. The third-order valence-corrected chi connectivity index (χ3v) is 3.96. The molecule has 0 saturated heterocycles. The topological polar surface area (TPSA) is 12.0 Å². The highest BCUT2D eigenvalue weighted by molar-refractivity contribution is 5.26. The summed E-state index contributed by atoms with van der Waals surface area (Å²) >= 11 is 0. The Hall–Kier alpha value is -0.820. The van der Waals surface area contributed by atoms with Crippen molar-refractivity contribution in [3.8, 4) is 0 Å². The number of nitrogens with one attached hydrogen (secondary N) is 1. The van der Waals surface area contributed by atoms with Gasteiger partial charge in [0.15, 0.2) is 0 Å². The first-order chi connectivity index (χ1) is 7.97. The van der Waals surface area contributed by atoms with E-state index in [0.717, 1.165) is 19.5 Å². The van der Waals surface area contributed by atoms with Crippen molar-refractivity contribution in [2.75, 3.05) is 6.54 Å². The molecule has 0 radical (unpaired) electrons. The minimum absolute atomic E-state index is 0.362. The van der Waals surface area contributed by atoms with E-state index >= 15 is 0 Å². The van der Waals surface area contributed by atoms with E-state index in [1.807, 2.05) is 0 Å². The summed E-state index contributed by atoms with van der Waals surface area (Å²) in [4.78, 5) is 0. The molecule has 1 aromatic carbocycles. The molecular weight excluding hydrogens is 206 g/mol. The lowest BCUT2D eigenvalue weighted by atomic mass is 9.81. The van der Waals surface area contributed by atoms with Crippen LogP contribution in [-0.4, -0.2) is 6.54 Å². The Labute approximate surface area is 107 Å². The summed E-state index contributed by atoms with van der Waals surface area (Å²) in [6.07, 6.45) is 1.12. The standard InChI is InChI=1S/C16H27N/c1-6-14-9-7-8-10-15(14)11-17-12-16(4,5)13(2)3/h7-10,13,17H,6,11-12H2,1-5H3. The summed E-state index contributed by atoms with van der Waals surface area (Å²) in [5.41, 5.74) is 3.26. The van der Waals surface area contributed by atoms with E-state index in [1.165, 1.54) is 11.1 Å². The van der Waals surface area contributed by atoms with Crippen LogP contribution in [0.2, 0.25) is 0 Å². The molecule has 0 unspecified atom stereocenters. The zero-order valence-electron chi connectivity index (χ0n) is 12.0. The van der Waals surface area contributed by atoms with Gasteiger partial charge in [-0.3, -0.25) is 0 Å². The Balaban J connectivity index is 2.51. The maximum absolute atomic E-state index is 3.60. The molecule has 1 N–H and O–H groups in total. The van der Waals surface area contributed by atoms with Gasteiger partial charge in [0.1, 0.15) is 0 Å². The fraction of sp³-hybridized carbons (Fsp3) is 0.625. The van der Waals surface area contributed by atoms with Gasteiger partial charge in [-0.2, -0.15) is 0 Å². The Bertz CT molecular complexity index is 339. The van der Waals surface area contributed by atoms with Gasteiger partial charge in [-0.1, -0.05) is 58.9 Å². The highest BCUT2D eigenvalue weighted by atomic mass is 14.9. The molecule has 96 valence electrons. The van der Waals surface area contributed by atoms with Crippen LogP contribution in [0.5, 0.6) is 0 Å². The quantitative estimate of drug-likeness (QED) is 0.782. The van der Waals surface area contributed by atoms with Crippen molar-refractivity contribution in [2.45, 2.75) is 47.6 Å². The van der Waals surface area contributed by atoms with Crippen LogP contribution in [-0.2, 0) is 13.0 Å². The van der Waals surface area contributed by atoms with Gasteiger partial charge in [0.2, 0.25) is 0 Å². The van der Waals surface area contributed by atoms with Crippen molar-refractivity contribution in [3.05, 3.63) is 35.4 Å². The van der Waals surface area contributed by atoms with Crippen LogP contribution in [0.4, 0.5) is 0 Å². The van der Waals surface area contributed by atoms with E-state index in [4.69, 9.17) is 0 Å². The highest BCUT2D eigenvalue weighted by Gasteiger charge is 2.21. The monoisotopic (exact) mass is 233 g/mol. The van der Waals surface area contributed by atoms with Gasteiger partial charge < -0.3 is 5.32 Å². The maximum Gasteiger partial charge on any atom is 0.0208 e. The lowest BCUT2D eigenvalue weighted by molar-refractivity contribution is 0.238. The smallest absolute Gasteiger partial charge is 0.0208 e. The fourth-order valence-electron chi connectivity index (χ4n) is 1.80. The van der Waals surface area contributed by atoms with Crippen LogP contribution in [0.25, 0.3) is 0 Å². The highest BCUT2D eigenvalue weighted by Crippen LogP contribution is 2.24. The zero-order chi connectivity index (χ0) is 12.9. The molecule has 0 amide bonds. The van der Waals surface area contributed by atoms with Crippen LogP contribution in [0, 0.1) is 11.3 Å². The van der Waals surface area contributed by atoms with E-state index < -0.39 is 0 Å². The molecule has 0 aliphatic rings. The molecule has 0 aromatic heterocycles. The number of rotatable bonds is 6. The molecule has 0 spiro atoms. The average molecular weight is 233 g/mol. The molecule has 0 aliphatic heterocycles. The normalized spacial score (nSPS) is 12.1. The molecule has 0 bridgehead atoms. The zero-order valence-corrected chi connectivity index (χ0v) is 12.0. The first-order valence-corrected chi connectivity index (χ1v) is 6.75. The van der Waals surface area contributed by atoms with E-state index in [0.29, 0.717) is 11.3 Å². The molecule has 0 aliphatic carbocycles. The van der Waals surface area contributed by atoms with Crippen molar-refractivity contribution in [1.82, 2.24) is 5.32 Å². The SMILES string of the molecule is CCc1ccccc1CNCC(C)(C)C(C)C. The van der Waals surface area contributed by atoms with Gasteiger partial charge in [0.05, 0.1) is 0 Å². The predicted molar refractivity (Wildman–Crippen MR) is 76.1 cm³/mol. The van der Waals surface area contributed by atoms with Crippen molar-refractivity contribution in [2.24, 2.45) is 11.3 Å². The Kier molecular flexibility index (Phi) is 5.20. The van der Waals surface area contributed by atoms with Gasteiger partial charge in [-0.05, 0) is 28.9 Å². The molecule has 0 atom stereocenters. The van der Waals surface area contributed by atoms with Crippen molar-refractivity contribution in [1.29, 1.82) is 0 Å². The van der Waals surface area contributed by atoms with Gasteiger partial charge in [0.25, 0.3) is 0 Å². The molecule has 0 heterocycles. The first kappa shape index (κ1) is 14.2. The Morgan fingerprint density at radius 3 is 2.24 bits per heavy atom. The van der Waals surface area contributed by atoms with E-state index in [-0.39, 0.29) is 0 Å². The molecule has 0 fully saturated rings. The van der Waals surface area contributed by atoms with E-state index in [1.54, 1.807) is 0 Å². The summed E-state index contributed by atoms with van der Waals surface area (Å²) in [6.45, 7) is 13.5. The Morgan fingerprint density at radius 1 is 1.12 bits per heavy atom. The number of benzene rings is 1. The third-order valence-electron chi connectivity index (χ3n) is 3.96. The van der Waals surface area contributed by atoms with E-state index in [9.17, 15) is 0 Å². The molecule has 1 rings (SSSR count). The molecule has 1 aromatic rings. The first-order valence-electron chi connectivity index (χ1n) is 6.75. The Morgan fingerprint density at radius 2 is 1.71 bits per heavy atom. The minimum Gasteiger partial charge on any atom is -0.312 e. The largest absolute Gasteiger partial charge is 0.312 e. The van der Waals surface area contributed by atoms with E-state index in [2.05, 4.69) is 64.2 Å². The van der Waals surface area contributed by atoms with Crippen LogP contribution >= 0.6 is 0 Å². The van der Waals surface area contributed by atoms with Crippen molar-refractivity contribution >= 4 is 0 Å². The average Bonchev–Trinajstić information content (AvgIpc) is 2.29. The second kappa shape index (κ2) is 6.20. The molecule has 1 nitrogen and oxygen atoms in total. The summed E-state index contributed by atoms with van der Waals surface area (Å²) in [6, 6.07) is 8.71. The fourth-order valence-corrected chi connectivity index (χ4v) is 1.80. The van der Waals surface area contributed by atoms with Gasteiger partial charge >= 0.3 is 0 Å². The summed E-state index contributed by atoms with van der Waals surface area (Å²) in [5.74, 6) is 0.705. The van der Waals surface area contributed by atoms with Gasteiger partial charge in [0, 0.05) is 13.1 Å². The van der Waals surface area contributed by atoms with Crippen molar-refractivity contribution in [3.63, 3.8) is 0 Å². The number of aryl methyl sites for hydroxylation is 1. The number of hydrogen-bond acceptors (Lipinski definition) is 1. The van der Waals surface area contributed by atoms with Gasteiger partial charge in [-0.15, -0.1) is 0 Å². The predicted octanol–water partition coefficient (Wildman–Crippen LogP) is 4.02. The molecular formula is C16H27N. The van der Waals surface area contributed by atoms with Crippen LogP contribution in [0.1, 0.15) is 45.7 Å². The molecule has 1 heteroatoms. The van der Waals surface area contributed by atoms with Gasteiger partial charge in [-0.25, -0.2) is 0 Å². The third kappa shape index (κ3) is 4.16. The summed E-state index contributed by atoms with van der Waals surface area (Å²) in [7, 11) is 0. The van der Waals surface area contributed by atoms with Crippen LogP contribution in [0.15, 0.2) is 24.3 Å². The minimum atomic E-state index is 0.362. The second-order valence-corrected chi connectivity index (χ2v) is 5.87. The summed E-state index contributed by atoms with van der Waals surface area (Å²) < 4.78 is 0. The summed E-state index contributed by atoms with van der Waals surface area (Å²) in [5, 5.41) is 3.60. The number of hydrogen-bond donors (Lipinski definition) is 1. The maximum atomic E-state index is 3.60. The van der Waals surface area contributed by atoms with Crippen LogP contribution < -0.4 is 5.32 Å². The molecule has 0 saturated carbocycles. The van der Waals surface area contributed by atoms with Crippen molar-refractivity contribution < 1.29 is 0 Å². The van der Waals surface area contributed by atoms with Crippen LogP contribution in [0.3, 0.4) is 0 Å².